The van der Waals surface area contributed by atoms with E-state index in [4.69, 9.17) is 0 Å². The Morgan fingerprint density at radius 3 is 2.77 bits per heavy atom. The molecule has 0 saturated carbocycles. The van der Waals surface area contributed by atoms with Crippen molar-refractivity contribution in [1.82, 2.24) is 9.97 Å². The predicted molar refractivity (Wildman–Crippen MR) is 81.1 cm³/mol. The first-order valence-electron chi connectivity index (χ1n) is 7.07. The lowest BCUT2D eigenvalue weighted by molar-refractivity contribution is -0.384. The molecule has 0 aliphatic carbocycles. The topological polar surface area (TPSA) is 81.0 Å². The monoisotopic (exact) mass is 304 g/mol. The smallest absolute Gasteiger partial charge is 0.269 e. The Balaban J connectivity index is 2.30. The largest absolute Gasteiger partial charge is 0.361 e. The first-order valence-corrected chi connectivity index (χ1v) is 7.07. The van der Waals surface area contributed by atoms with Gasteiger partial charge < -0.3 is 5.32 Å². The molecule has 0 aliphatic heterocycles. The van der Waals surface area contributed by atoms with Crippen LogP contribution in [0.1, 0.15) is 37.6 Å². The van der Waals surface area contributed by atoms with Gasteiger partial charge in [0.1, 0.15) is 6.33 Å². The number of rotatable bonds is 6. The molecule has 1 unspecified atom stereocenters. The van der Waals surface area contributed by atoms with E-state index in [0.29, 0.717) is 24.1 Å². The van der Waals surface area contributed by atoms with Crippen molar-refractivity contribution >= 4 is 11.5 Å². The van der Waals surface area contributed by atoms with Gasteiger partial charge in [0, 0.05) is 12.1 Å². The van der Waals surface area contributed by atoms with E-state index in [-0.39, 0.29) is 17.5 Å². The Hall–Kier alpha value is -2.57. The zero-order valence-corrected chi connectivity index (χ0v) is 12.4. The van der Waals surface area contributed by atoms with Gasteiger partial charge in [-0.15, -0.1) is 0 Å². The quantitative estimate of drug-likeness (QED) is 0.650. The lowest BCUT2D eigenvalue weighted by atomic mass is 10.0. The summed E-state index contributed by atoms with van der Waals surface area (Å²) in [5.74, 6) is -0.362. The van der Waals surface area contributed by atoms with Crippen molar-refractivity contribution in [2.24, 2.45) is 0 Å². The maximum atomic E-state index is 14.2. The molecule has 1 aromatic heterocycles. The van der Waals surface area contributed by atoms with Crippen LogP contribution in [0.3, 0.4) is 0 Å². The van der Waals surface area contributed by atoms with E-state index in [0.717, 1.165) is 0 Å². The molecule has 0 radical (unpaired) electrons. The summed E-state index contributed by atoms with van der Waals surface area (Å²) in [5.41, 5.74) is 1.06. The third-order valence-electron chi connectivity index (χ3n) is 3.40. The molecule has 22 heavy (non-hydrogen) atoms. The summed E-state index contributed by atoms with van der Waals surface area (Å²) < 4.78 is 14.2. The molecule has 1 heterocycles. The highest BCUT2D eigenvalue weighted by Crippen LogP contribution is 2.26. The second-order valence-corrected chi connectivity index (χ2v) is 4.79. The van der Waals surface area contributed by atoms with Gasteiger partial charge in [-0.3, -0.25) is 10.1 Å². The first kappa shape index (κ1) is 15.8. The Morgan fingerprint density at radius 1 is 1.36 bits per heavy atom. The van der Waals surface area contributed by atoms with Gasteiger partial charge in [-0.25, -0.2) is 14.4 Å². The molecule has 116 valence electrons. The zero-order valence-electron chi connectivity index (χ0n) is 12.4. The van der Waals surface area contributed by atoms with Crippen LogP contribution in [0.5, 0.6) is 0 Å². The van der Waals surface area contributed by atoms with Crippen LogP contribution in [0.15, 0.2) is 30.6 Å². The average Bonchev–Trinajstić information content (AvgIpc) is 2.54. The summed E-state index contributed by atoms with van der Waals surface area (Å²) in [4.78, 5) is 18.2. The van der Waals surface area contributed by atoms with E-state index in [9.17, 15) is 14.5 Å². The van der Waals surface area contributed by atoms with Crippen LogP contribution in [-0.2, 0) is 6.42 Å². The lowest BCUT2D eigenvalue weighted by Gasteiger charge is -2.18. The van der Waals surface area contributed by atoms with Gasteiger partial charge in [-0.2, -0.15) is 0 Å². The van der Waals surface area contributed by atoms with Crippen molar-refractivity contribution in [1.29, 1.82) is 0 Å². The molecule has 0 aliphatic rings. The molecular weight excluding hydrogens is 287 g/mol. The number of anilines is 1. The fraction of sp³-hybridized carbons (Fsp3) is 0.333. The van der Waals surface area contributed by atoms with Gasteiger partial charge in [0.05, 0.1) is 16.7 Å². The van der Waals surface area contributed by atoms with Crippen LogP contribution >= 0.6 is 0 Å². The molecule has 6 nitrogen and oxygen atoms in total. The minimum absolute atomic E-state index is 0.00940. The minimum atomic E-state index is -0.478. The van der Waals surface area contributed by atoms with Crippen LogP contribution in [0.2, 0.25) is 0 Å². The number of nitrogens with one attached hydrogen (secondary N) is 1. The molecule has 0 fully saturated rings. The van der Waals surface area contributed by atoms with Gasteiger partial charge in [-0.1, -0.05) is 26.0 Å². The molecule has 0 amide bonds. The number of hydrogen-bond donors (Lipinski definition) is 1. The van der Waals surface area contributed by atoms with Crippen molar-refractivity contribution < 1.29 is 9.31 Å². The van der Waals surface area contributed by atoms with Gasteiger partial charge >= 0.3 is 0 Å². The third-order valence-corrected chi connectivity index (χ3v) is 3.40. The van der Waals surface area contributed by atoms with Crippen LogP contribution < -0.4 is 5.32 Å². The lowest BCUT2D eigenvalue weighted by Crippen LogP contribution is -2.13. The Labute approximate surface area is 127 Å². The van der Waals surface area contributed by atoms with Crippen molar-refractivity contribution in [3.8, 4) is 0 Å². The fourth-order valence-corrected chi connectivity index (χ4v) is 2.19. The summed E-state index contributed by atoms with van der Waals surface area (Å²) in [5, 5.41) is 13.9. The van der Waals surface area contributed by atoms with Crippen molar-refractivity contribution in [2.75, 3.05) is 5.32 Å². The number of nitrogens with zero attached hydrogens (tertiary/aromatic N) is 3. The number of aromatic nitrogens is 2. The summed E-state index contributed by atoms with van der Waals surface area (Å²) >= 11 is 0. The average molecular weight is 304 g/mol. The second kappa shape index (κ2) is 6.93. The van der Waals surface area contributed by atoms with Crippen molar-refractivity contribution in [3.05, 3.63) is 57.8 Å². The third kappa shape index (κ3) is 3.36. The number of non-ortho nitro benzene ring substituents is 1. The highest BCUT2D eigenvalue weighted by atomic mass is 19.1. The fourth-order valence-electron chi connectivity index (χ4n) is 2.19. The van der Waals surface area contributed by atoms with Gasteiger partial charge in [0.25, 0.3) is 5.69 Å². The number of benzene rings is 1. The van der Waals surface area contributed by atoms with Crippen LogP contribution in [-0.4, -0.2) is 14.9 Å². The van der Waals surface area contributed by atoms with Crippen LogP contribution in [0, 0.1) is 15.9 Å². The Bertz CT molecular complexity index is 678. The molecule has 2 rings (SSSR count). The highest BCUT2D eigenvalue weighted by Gasteiger charge is 2.17. The van der Waals surface area contributed by atoms with E-state index < -0.39 is 10.7 Å². The van der Waals surface area contributed by atoms with E-state index in [1.807, 2.05) is 13.8 Å². The van der Waals surface area contributed by atoms with Crippen LogP contribution in [0.4, 0.5) is 15.9 Å². The summed E-state index contributed by atoms with van der Waals surface area (Å²) in [6.45, 7) is 3.73. The normalized spacial score (nSPS) is 12.0. The summed E-state index contributed by atoms with van der Waals surface area (Å²) in [7, 11) is 0. The Morgan fingerprint density at radius 2 is 2.14 bits per heavy atom. The van der Waals surface area contributed by atoms with Gasteiger partial charge in [-0.05, 0) is 18.4 Å². The van der Waals surface area contributed by atoms with Crippen molar-refractivity contribution in [3.63, 3.8) is 0 Å². The Kier molecular flexibility index (Phi) is 4.98. The van der Waals surface area contributed by atoms with Crippen LogP contribution in [0.25, 0.3) is 0 Å². The number of aryl methyl sites for hydroxylation is 1. The molecule has 7 heteroatoms. The number of nitro benzene ring substituents is 1. The van der Waals surface area contributed by atoms with E-state index >= 15 is 0 Å². The first-order chi connectivity index (χ1) is 10.6. The highest BCUT2D eigenvalue weighted by molar-refractivity contribution is 5.43. The molecule has 0 bridgehead atoms. The van der Waals surface area contributed by atoms with Crippen molar-refractivity contribution in [2.45, 2.75) is 32.7 Å². The second-order valence-electron chi connectivity index (χ2n) is 4.79. The molecule has 0 saturated heterocycles. The maximum absolute atomic E-state index is 14.2. The minimum Gasteiger partial charge on any atom is -0.361 e. The van der Waals surface area contributed by atoms with E-state index in [1.54, 1.807) is 12.1 Å². The number of hydrogen-bond acceptors (Lipinski definition) is 5. The van der Waals surface area contributed by atoms with Gasteiger partial charge in [0.15, 0.2) is 11.6 Å². The molecule has 1 aromatic carbocycles. The molecule has 1 N–H and O–H groups in total. The molecule has 2 aromatic rings. The molecule has 0 spiro atoms. The summed E-state index contributed by atoms with van der Waals surface area (Å²) in [6.07, 6.45) is 2.41. The van der Waals surface area contributed by atoms with E-state index in [2.05, 4.69) is 15.3 Å². The number of halogens is 1. The SMILES string of the molecule is CCc1ncnc(NC(CC)c2cccc([N+](=O)[O-])c2)c1F. The standard InChI is InChI=1S/C15H17FN4O2/c1-3-12(10-6-5-7-11(8-10)20(21)22)19-15-14(16)13(4-2)17-9-18-15/h5-9,12H,3-4H2,1-2H3,(H,17,18,19). The maximum Gasteiger partial charge on any atom is 0.269 e. The molecular formula is C15H17FN4O2. The summed E-state index contributed by atoms with van der Waals surface area (Å²) in [6, 6.07) is 6.03. The van der Waals surface area contributed by atoms with Gasteiger partial charge in [0.2, 0.25) is 0 Å². The number of nitro groups is 1. The van der Waals surface area contributed by atoms with E-state index in [1.165, 1.54) is 18.5 Å². The zero-order chi connectivity index (χ0) is 16.1. The predicted octanol–water partition coefficient (Wildman–Crippen LogP) is 3.65. The molecule has 1 atom stereocenters.